The Hall–Kier alpha value is -1.18. The quantitative estimate of drug-likeness (QED) is 0.926. The Kier molecular flexibility index (Phi) is 4.15. The molecule has 0 aliphatic heterocycles. The lowest BCUT2D eigenvalue weighted by Gasteiger charge is -2.06. The standard InChI is InChI=1S/C11H15N5S2/c1-7(12)8-4-5-13-9(6-8)17-11-15-14-10(18-11)16(2)3/h4-7H,12H2,1-3H3/t7-/m0/s1. The first-order chi connectivity index (χ1) is 8.56. The smallest absolute Gasteiger partial charge is 0.208 e. The summed E-state index contributed by atoms with van der Waals surface area (Å²) in [5.74, 6) is 0. The van der Waals surface area contributed by atoms with Crippen LogP contribution < -0.4 is 10.6 Å². The Morgan fingerprint density at radius 1 is 1.39 bits per heavy atom. The van der Waals surface area contributed by atoms with Crippen LogP contribution in [0.15, 0.2) is 27.7 Å². The first-order valence-electron chi connectivity index (χ1n) is 5.46. The van der Waals surface area contributed by atoms with Crippen LogP contribution in [0.5, 0.6) is 0 Å². The number of hydrogen-bond donors (Lipinski definition) is 1. The molecule has 0 unspecified atom stereocenters. The summed E-state index contributed by atoms with van der Waals surface area (Å²) >= 11 is 3.05. The molecule has 0 saturated carbocycles. The summed E-state index contributed by atoms with van der Waals surface area (Å²) in [6.07, 6.45) is 1.77. The van der Waals surface area contributed by atoms with Crippen molar-refractivity contribution in [1.29, 1.82) is 0 Å². The van der Waals surface area contributed by atoms with E-state index in [9.17, 15) is 0 Å². The molecule has 7 heteroatoms. The molecule has 18 heavy (non-hydrogen) atoms. The Morgan fingerprint density at radius 2 is 2.17 bits per heavy atom. The molecular weight excluding hydrogens is 266 g/mol. The van der Waals surface area contributed by atoms with E-state index in [1.54, 1.807) is 17.5 Å². The van der Waals surface area contributed by atoms with Gasteiger partial charge in [0.15, 0.2) is 4.34 Å². The van der Waals surface area contributed by atoms with Gasteiger partial charge in [0.1, 0.15) is 5.03 Å². The molecule has 2 rings (SSSR count). The number of anilines is 1. The second-order valence-corrected chi connectivity index (χ2v) is 6.29. The van der Waals surface area contributed by atoms with Crippen molar-refractivity contribution < 1.29 is 0 Å². The molecule has 2 heterocycles. The van der Waals surface area contributed by atoms with Crippen LogP contribution in [-0.2, 0) is 0 Å². The van der Waals surface area contributed by atoms with Crippen LogP contribution in [0.2, 0.25) is 0 Å². The molecule has 2 aromatic heterocycles. The molecule has 0 spiro atoms. The molecule has 1 atom stereocenters. The summed E-state index contributed by atoms with van der Waals surface area (Å²) in [5, 5.41) is 10.0. The Labute approximate surface area is 114 Å². The highest BCUT2D eigenvalue weighted by Crippen LogP contribution is 2.32. The van der Waals surface area contributed by atoms with Crippen LogP contribution in [0.3, 0.4) is 0 Å². The molecule has 0 fully saturated rings. The van der Waals surface area contributed by atoms with Gasteiger partial charge in [0, 0.05) is 26.3 Å². The minimum Gasteiger partial charge on any atom is -0.353 e. The highest BCUT2D eigenvalue weighted by Gasteiger charge is 2.09. The van der Waals surface area contributed by atoms with Gasteiger partial charge in [-0.2, -0.15) is 0 Å². The zero-order valence-corrected chi connectivity index (χ0v) is 12.1. The topological polar surface area (TPSA) is 67.9 Å². The number of nitrogens with zero attached hydrogens (tertiary/aromatic N) is 4. The lowest BCUT2D eigenvalue weighted by molar-refractivity contribution is 0.808. The van der Waals surface area contributed by atoms with Crippen LogP contribution >= 0.6 is 23.1 Å². The van der Waals surface area contributed by atoms with E-state index in [4.69, 9.17) is 5.73 Å². The maximum Gasteiger partial charge on any atom is 0.208 e. The summed E-state index contributed by atoms with van der Waals surface area (Å²) < 4.78 is 0.882. The number of hydrogen-bond acceptors (Lipinski definition) is 7. The third-order valence-corrected chi connectivity index (χ3v) is 4.33. The Bertz CT molecular complexity index is 524. The van der Waals surface area contributed by atoms with Crippen molar-refractivity contribution in [1.82, 2.24) is 15.2 Å². The monoisotopic (exact) mass is 281 g/mol. The molecule has 96 valence electrons. The van der Waals surface area contributed by atoms with Crippen LogP contribution in [0, 0.1) is 0 Å². The van der Waals surface area contributed by atoms with Gasteiger partial charge >= 0.3 is 0 Å². The van der Waals surface area contributed by atoms with Gasteiger partial charge in [-0.1, -0.05) is 11.3 Å². The van der Waals surface area contributed by atoms with Crippen molar-refractivity contribution >= 4 is 28.2 Å². The first kappa shape index (κ1) is 13.3. The van der Waals surface area contributed by atoms with E-state index in [0.717, 1.165) is 20.1 Å². The van der Waals surface area contributed by atoms with E-state index >= 15 is 0 Å². The summed E-state index contributed by atoms with van der Waals surface area (Å²) in [4.78, 5) is 6.24. The van der Waals surface area contributed by atoms with E-state index in [1.807, 2.05) is 38.1 Å². The van der Waals surface area contributed by atoms with Crippen molar-refractivity contribution in [3.8, 4) is 0 Å². The highest BCUT2D eigenvalue weighted by molar-refractivity contribution is 8.01. The van der Waals surface area contributed by atoms with Gasteiger partial charge in [-0.3, -0.25) is 0 Å². The van der Waals surface area contributed by atoms with Crippen LogP contribution in [0.4, 0.5) is 5.13 Å². The van der Waals surface area contributed by atoms with E-state index in [-0.39, 0.29) is 6.04 Å². The van der Waals surface area contributed by atoms with Crippen molar-refractivity contribution in [2.75, 3.05) is 19.0 Å². The van der Waals surface area contributed by atoms with E-state index in [0.29, 0.717) is 0 Å². The summed E-state index contributed by atoms with van der Waals surface area (Å²) in [7, 11) is 3.90. The average Bonchev–Trinajstić information content (AvgIpc) is 2.78. The second kappa shape index (κ2) is 5.64. The van der Waals surface area contributed by atoms with Gasteiger partial charge in [0.2, 0.25) is 5.13 Å². The fourth-order valence-electron chi connectivity index (χ4n) is 1.28. The lowest BCUT2D eigenvalue weighted by Crippen LogP contribution is -2.07. The maximum absolute atomic E-state index is 5.85. The highest BCUT2D eigenvalue weighted by atomic mass is 32.2. The fraction of sp³-hybridized carbons (Fsp3) is 0.364. The van der Waals surface area contributed by atoms with E-state index < -0.39 is 0 Å². The average molecular weight is 281 g/mol. The largest absolute Gasteiger partial charge is 0.353 e. The van der Waals surface area contributed by atoms with Crippen LogP contribution in [-0.4, -0.2) is 29.3 Å². The first-order valence-corrected chi connectivity index (χ1v) is 7.10. The predicted octanol–water partition coefficient (Wildman–Crippen LogP) is 2.17. The zero-order valence-electron chi connectivity index (χ0n) is 10.5. The molecule has 5 nitrogen and oxygen atoms in total. The normalized spacial score (nSPS) is 12.4. The van der Waals surface area contributed by atoms with Crippen molar-refractivity contribution in [2.45, 2.75) is 22.3 Å². The van der Waals surface area contributed by atoms with E-state index in [2.05, 4.69) is 15.2 Å². The number of nitrogens with two attached hydrogens (primary N) is 1. The number of pyridine rings is 1. The molecule has 0 aromatic carbocycles. The minimum atomic E-state index is 0.0131. The third kappa shape index (κ3) is 3.18. The second-order valence-electron chi connectivity index (χ2n) is 4.06. The molecular formula is C11H15N5S2. The number of rotatable bonds is 4. The van der Waals surface area contributed by atoms with E-state index in [1.165, 1.54) is 11.8 Å². The molecule has 0 aliphatic rings. The molecule has 2 N–H and O–H groups in total. The lowest BCUT2D eigenvalue weighted by atomic mass is 10.1. The van der Waals surface area contributed by atoms with Crippen LogP contribution in [0.1, 0.15) is 18.5 Å². The summed E-state index contributed by atoms with van der Waals surface area (Å²) in [6.45, 7) is 1.96. The van der Waals surface area contributed by atoms with Gasteiger partial charge < -0.3 is 10.6 Å². The fourth-order valence-corrected chi connectivity index (χ4v) is 3.00. The van der Waals surface area contributed by atoms with Gasteiger partial charge in [-0.25, -0.2) is 4.98 Å². The zero-order chi connectivity index (χ0) is 13.1. The van der Waals surface area contributed by atoms with Gasteiger partial charge in [-0.05, 0) is 36.4 Å². The van der Waals surface area contributed by atoms with Crippen molar-refractivity contribution in [3.63, 3.8) is 0 Å². The van der Waals surface area contributed by atoms with Gasteiger partial charge in [-0.15, -0.1) is 10.2 Å². The number of aromatic nitrogens is 3. The summed E-state index contributed by atoms with van der Waals surface area (Å²) in [5.41, 5.74) is 6.92. The van der Waals surface area contributed by atoms with Crippen LogP contribution in [0.25, 0.3) is 0 Å². The van der Waals surface area contributed by atoms with Crippen molar-refractivity contribution in [3.05, 3.63) is 23.9 Å². The Morgan fingerprint density at radius 3 is 2.78 bits per heavy atom. The predicted molar refractivity (Wildman–Crippen MR) is 75.2 cm³/mol. The maximum atomic E-state index is 5.85. The molecule has 0 bridgehead atoms. The minimum absolute atomic E-state index is 0.0131. The third-order valence-electron chi connectivity index (χ3n) is 2.25. The molecule has 0 saturated heterocycles. The molecule has 0 radical (unpaired) electrons. The molecule has 2 aromatic rings. The van der Waals surface area contributed by atoms with Gasteiger partial charge in [0.25, 0.3) is 0 Å². The Balaban J connectivity index is 2.15. The molecule has 0 amide bonds. The molecule has 0 aliphatic carbocycles. The SMILES string of the molecule is C[C@H](N)c1ccnc(Sc2nnc(N(C)C)s2)c1. The van der Waals surface area contributed by atoms with Gasteiger partial charge in [0.05, 0.1) is 0 Å². The summed E-state index contributed by atoms with van der Waals surface area (Å²) in [6, 6.07) is 3.94. The van der Waals surface area contributed by atoms with Crippen molar-refractivity contribution in [2.24, 2.45) is 5.73 Å².